The fraction of sp³-hybridized carbons (Fsp3) is 1.00. The van der Waals surface area contributed by atoms with Gasteiger partial charge in [0.05, 0.1) is 12.2 Å². The van der Waals surface area contributed by atoms with Crippen molar-refractivity contribution in [3.05, 3.63) is 0 Å². The van der Waals surface area contributed by atoms with E-state index in [-0.39, 0.29) is 33.9 Å². The van der Waals surface area contributed by atoms with Crippen molar-refractivity contribution in [2.24, 2.45) is 0 Å². The first-order valence-corrected chi connectivity index (χ1v) is 5.99. The standard InChI is InChI=1S/C6H12O2.2C3H8O.Ti/c7-5-3-1-2-4-6(5)8;2*1-3(2)4;/h5-8H,1-4H2;2*3-4H,1-2H3;/t5-,6+;;;. The second kappa shape index (κ2) is 14.6. The average molecular weight is 284 g/mol. The first kappa shape index (κ1) is 22.7. The molecule has 104 valence electrons. The van der Waals surface area contributed by atoms with E-state index in [0.29, 0.717) is 0 Å². The summed E-state index contributed by atoms with van der Waals surface area (Å²) in [5.41, 5.74) is 0. The zero-order chi connectivity index (χ0) is 13.1. The molecule has 4 N–H and O–H groups in total. The minimum Gasteiger partial charge on any atom is -0.394 e. The Morgan fingerprint density at radius 2 is 0.941 bits per heavy atom. The van der Waals surface area contributed by atoms with Crippen molar-refractivity contribution in [2.75, 3.05) is 0 Å². The molecule has 0 aromatic rings. The summed E-state index contributed by atoms with van der Waals surface area (Å²) in [7, 11) is 0. The Labute approximate surface area is 120 Å². The molecule has 0 amide bonds. The number of hydrogen-bond acceptors (Lipinski definition) is 4. The fourth-order valence-corrected chi connectivity index (χ4v) is 1.09. The van der Waals surface area contributed by atoms with Crippen LogP contribution in [0, 0.1) is 0 Å². The molecule has 1 aliphatic carbocycles. The second-order valence-corrected chi connectivity index (χ2v) is 4.61. The molecule has 0 aliphatic heterocycles. The van der Waals surface area contributed by atoms with Crippen molar-refractivity contribution >= 4 is 0 Å². The maximum atomic E-state index is 8.93. The fourth-order valence-electron chi connectivity index (χ4n) is 1.09. The van der Waals surface area contributed by atoms with Gasteiger partial charge in [0.1, 0.15) is 0 Å². The van der Waals surface area contributed by atoms with Crippen LogP contribution in [0.1, 0.15) is 53.4 Å². The van der Waals surface area contributed by atoms with E-state index in [1.807, 2.05) is 0 Å². The first-order valence-electron chi connectivity index (χ1n) is 5.99. The van der Waals surface area contributed by atoms with E-state index in [0.717, 1.165) is 25.7 Å². The zero-order valence-electron chi connectivity index (χ0n) is 11.4. The molecule has 0 saturated heterocycles. The summed E-state index contributed by atoms with van der Waals surface area (Å²) in [6.45, 7) is 6.89. The van der Waals surface area contributed by atoms with Gasteiger partial charge in [0, 0.05) is 33.9 Å². The van der Waals surface area contributed by atoms with Gasteiger partial charge in [-0.15, -0.1) is 0 Å². The Morgan fingerprint density at radius 3 is 1.06 bits per heavy atom. The largest absolute Gasteiger partial charge is 0.394 e. The van der Waals surface area contributed by atoms with Crippen LogP contribution in [-0.2, 0) is 21.7 Å². The van der Waals surface area contributed by atoms with Crippen LogP contribution in [0.4, 0.5) is 0 Å². The Hall–Kier alpha value is 0.554. The monoisotopic (exact) mass is 284 g/mol. The molecule has 1 saturated carbocycles. The summed E-state index contributed by atoms with van der Waals surface area (Å²) in [5, 5.41) is 34.0. The first-order chi connectivity index (χ1) is 7.27. The molecule has 1 aliphatic rings. The summed E-state index contributed by atoms with van der Waals surface area (Å²) in [5.74, 6) is 0. The van der Waals surface area contributed by atoms with Gasteiger partial charge in [-0.1, -0.05) is 12.8 Å². The molecule has 0 spiro atoms. The number of rotatable bonds is 0. The molecule has 0 bridgehead atoms. The summed E-state index contributed by atoms with van der Waals surface area (Å²) in [4.78, 5) is 0. The van der Waals surface area contributed by atoms with Gasteiger partial charge >= 0.3 is 0 Å². The maximum absolute atomic E-state index is 8.93. The van der Waals surface area contributed by atoms with Gasteiger partial charge in [-0.3, -0.25) is 0 Å². The Balaban J connectivity index is -0.000000189. The van der Waals surface area contributed by atoms with Crippen molar-refractivity contribution in [2.45, 2.75) is 77.8 Å². The summed E-state index contributed by atoms with van der Waals surface area (Å²) in [6, 6.07) is 0. The van der Waals surface area contributed by atoms with Gasteiger partial charge in [-0.2, -0.15) is 0 Å². The van der Waals surface area contributed by atoms with Crippen LogP contribution < -0.4 is 0 Å². The third-order valence-electron chi connectivity index (χ3n) is 1.69. The molecule has 0 aromatic heterocycles. The zero-order valence-corrected chi connectivity index (χ0v) is 13.0. The van der Waals surface area contributed by atoms with Crippen molar-refractivity contribution in [3.8, 4) is 0 Å². The van der Waals surface area contributed by atoms with Gasteiger partial charge in [0.15, 0.2) is 0 Å². The minimum absolute atomic E-state index is 0. The summed E-state index contributed by atoms with van der Waals surface area (Å²) < 4.78 is 0. The quantitative estimate of drug-likeness (QED) is 0.501. The van der Waals surface area contributed by atoms with E-state index in [1.165, 1.54) is 0 Å². The van der Waals surface area contributed by atoms with E-state index < -0.39 is 12.2 Å². The molecule has 4 nitrogen and oxygen atoms in total. The molecule has 0 heterocycles. The van der Waals surface area contributed by atoms with E-state index in [1.54, 1.807) is 27.7 Å². The van der Waals surface area contributed by atoms with Crippen LogP contribution in [-0.4, -0.2) is 44.8 Å². The van der Waals surface area contributed by atoms with Crippen LogP contribution in [0.2, 0.25) is 0 Å². The normalized spacial score (nSPS) is 22.9. The van der Waals surface area contributed by atoms with E-state index in [4.69, 9.17) is 20.4 Å². The Kier molecular flexibility index (Phi) is 19.5. The van der Waals surface area contributed by atoms with Crippen molar-refractivity contribution in [1.82, 2.24) is 0 Å². The maximum Gasteiger partial charge on any atom is 0.0799 e. The summed E-state index contributed by atoms with van der Waals surface area (Å²) in [6.07, 6.45) is 2.48. The van der Waals surface area contributed by atoms with Crippen molar-refractivity contribution < 1.29 is 42.1 Å². The Bertz CT molecular complexity index is 121. The van der Waals surface area contributed by atoms with Crippen LogP contribution in [0.25, 0.3) is 0 Å². The van der Waals surface area contributed by atoms with Crippen LogP contribution in [0.3, 0.4) is 0 Å². The predicted octanol–water partition coefficient (Wildman–Crippen LogP) is 1.05. The molecule has 1 fully saturated rings. The third-order valence-corrected chi connectivity index (χ3v) is 1.69. The van der Waals surface area contributed by atoms with Crippen molar-refractivity contribution in [1.29, 1.82) is 0 Å². The molecule has 0 radical (unpaired) electrons. The number of aliphatic hydroxyl groups is 4. The molecule has 17 heavy (non-hydrogen) atoms. The van der Waals surface area contributed by atoms with Gasteiger partial charge < -0.3 is 20.4 Å². The van der Waals surface area contributed by atoms with Crippen LogP contribution in [0.15, 0.2) is 0 Å². The molecular weight excluding hydrogens is 256 g/mol. The van der Waals surface area contributed by atoms with Gasteiger partial charge in [0.25, 0.3) is 0 Å². The molecule has 0 unspecified atom stereocenters. The van der Waals surface area contributed by atoms with Crippen LogP contribution in [0.5, 0.6) is 0 Å². The predicted molar refractivity (Wildman–Crippen MR) is 65.2 cm³/mol. The molecular formula is C12H28O4Ti. The van der Waals surface area contributed by atoms with E-state index in [2.05, 4.69) is 0 Å². The number of aliphatic hydroxyl groups excluding tert-OH is 4. The molecule has 1 rings (SSSR count). The number of hydrogen-bond donors (Lipinski definition) is 4. The average Bonchev–Trinajstić information content (AvgIpc) is 2.08. The molecule has 0 aromatic carbocycles. The van der Waals surface area contributed by atoms with Crippen molar-refractivity contribution in [3.63, 3.8) is 0 Å². The minimum atomic E-state index is -0.441. The second-order valence-electron chi connectivity index (χ2n) is 4.61. The summed E-state index contributed by atoms with van der Waals surface area (Å²) >= 11 is 0. The SMILES string of the molecule is CC(C)O.CC(C)O.O[C@@H]1CCCC[C@@H]1O.[Ti]. The third kappa shape index (κ3) is 26.3. The Morgan fingerprint density at radius 1 is 0.765 bits per heavy atom. The van der Waals surface area contributed by atoms with E-state index in [9.17, 15) is 0 Å². The molecule has 5 heteroatoms. The van der Waals surface area contributed by atoms with Gasteiger partial charge in [-0.25, -0.2) is 0 Å². The van der Waals surface area contributed by atoms with Crippen LogP contribution >= 0.6 is 0 Å². The van der Waals surface area contributed by atoms with Gasteiger partial charge in [-0.05, 0) is 40.5 Å². The topological polar surface area (TPSA) is 80.9 Å². The van der Waals surface area contributed by atoms with E-state index >= 15 is 0 Å². The smallest absolute Gasteiger partial charge is 0.0799 e. The molecule has 2 atom stereocenters. The van der Waals surface area contributed by atoms with Gasteiger partial charge in [0.2, 0.25) is 0 Å².